The van der Waals surface area contributed by atoms with E-state index >= 15 is 0 Å². The van der Waals surface area contributed by atoms with Crippen LogP contribution in [0.5, 0.6) is 0 Å². The Morgan fingerprint density at radius 2 is 1.92 bits per heavy atom. The average Bonchev–Trinajstić information content (AvgIpc) is 3.11. The molecule has 1 aliphatic rings. The molecule has 134 valence electrons. The van der Waals surface area contributed by atoms with E-state index in [1.54, 1.807) is 0 Å². The van der Waals surface area contributed by atoms with E-state index in [1.807, 2.05) is 43.3 Å². The summed E-state index contributed by atoms with van der Waals surface area (Å²) in [5.41, 5.74) is 9.80. The first-order valence-corrected chi connectivity index (χ1v) is 8.47. The Bertz CT molecular complexity index is 715. The van der Waals surface area contributed by atoms with Crippen LogP contribution in [-0.4, -0.2) is 31.4 Å². The number of nitrogens with two attached hydrogens (primary N) is 1. The van der Waals surface area contributed by atoms with Crippen molar-refractivity contribution in [2.45, 2.75) is 25.4 Å². The van der Waals surface area contributed by atoms with Crippen molar-refractivity contribution in [2.75, 3.05) is 25.5 Å². The molecule has 0 spiro atoms. The summed E-state index contributed by atoms with van der Waals surface area (Å²) in [4.78, 5) is 17.0. The molecular weight excluding hydrogens is 334 g/mol. The lowest BCUT2D eigenvalue weighted by Crippen LogP contribution is -2.30. The topological polar surface area (TPSA) is 49.6 Å². The van der Waals surface area contributed by atoms with Gasteiger partial charge < -0.3 is 15.5 Å². The van der Waals surface area contributed by atoms with Crippen LogP contribution in [0.25, 0.3) is 0 Å². The van der Waals surface area contributed by atoms with Crippen molar-refractivity contribution in [1.82, 2.24) is 4.90 Å². The smallest absolute Gasteiger partial charge is 0.254 e. The van der Waals surface area contributed by atoms with Gasteiger partial charge in [0.05, 0.1) is 6.04 Å². The lowest BCUT2D eigenvalue weighted by Gasteiger charge is -2.26. The molecular formula is C20H26ClN3O. The minimum atomic E-state index is 0. The zero-order chi connectivity index (χ0) is 17.1. The number of carbonyl (C=O) groups is 1. The predicted octanol–water partition coefficient (Wildman–Crippen LogP) is 3.61. The van der Waals surface area contributed by atoms with Gasteiger partial charge in [-0.15, -0.1) is 12.4 Å². The second kappa shape index (κ2) is 8.37. The normalized spacial score (nSPS) is 16.4. The summed E-state index contributed by atoms with van der Waals surface area (Å²) in [5.74, 6) is 0.108. The molecule has 0 aliphatic carbocycles. The molecule has 4 nitrogen and oxygen atoms in total. The first-order chi connectivity index (χ1) is 11.6. The van der Waals surface area contributed by atoms with Crippen LogP contribution in [0.2, 0.25) is 0 Å². The summed E-state index contributed by atoms with van der Waals surface area (Å²) in [6.07, 6.45) is 2.06. The number of hydrogen-bond donors (Lipinski definition) is 1. The van der Waals surface area contributed by atoms with Crippen LogP contribution in [0.15, 0.2) is 48.5 Å². The Morgan fingerprint density at radius 3 is 2.56 bits per heavy atom. The van der Waals surface area contributed by atoms with Crippen LogP contribution in [0, 0.1) is 0 Å². The summed E-state index contributed by atoms with van der Waals surface area (Å²) < 4.78 is 0. The largest absolute Gasteiger partial charge is 0.378 e. The van der Waals surface area contributed by atoms with Crippen molar-refractivity contribution in [1.29, 1.82) is 0 Å². The molecule has 0 aromatic heterocycles. The molecule has 0 radical (unpaired) electrons. The highest BCUT2D eigenvalue weighted by Crippen LogP contribution is 2.34. The van der Waals surface area contributed by atoms with E-state index in [1.165, 1.54) is 11.3 Å². The van der Waals surface area contributed by atoms with Crippen molar-refractivity contribution in [2.24, 2.45) is 5.73 Å². The molecule has 0 bridgehead atoms. The van der Waals surface area contributed by atoms with Gasteiger partial charge >= 0.3 is 0 Å². The number of likely N-dealkylation sites (tertiary alicyclic amines) is 1. The fourth-order valence-corrected chi connectivity index (χ4v) is 3.32. The molecule has 3 rings (SSSR count). The Kier molecular flexibility index (Phi) is 6.45. The van der Waals surface area contributed by atoms with Gasteiger partial charge in [0, 0.05) is 38.4 Å². The molecule has 2 N–H and O–H groups in total. The zero-order valence-corrected chi connectivity index (χ0v) is 15.6. The number of nitrogens with zero attached hydrogens (tertiary/aromatic N) is 2. The third-order valence-electron chi connectivity index (χ3n) is 4.72. The van der Waals surface area contributed by atoms with Crippen LogP contribution >= 0.6 is 12.4 Å². The van der Waals surface area contributed by atoms with E-state index in [0.717, 1.165) is 30.5 Å². The standard InChI is InChI=1S/C20H25N3O.ClH/c1-22(2)18-6-3-5-17(13-18)19-7-4-12-23(19)20(24)16-10-8-15(14-21)9-11-16;/h3,5-6,8-11,13,19H,4,7,12,14,21H2,1-2H3;1H. The quantitative estimate of drug-likeness (QED) is 0.907. The highest BCUT2D eigenvalue weighted by molar-refractivity contribution is 5.94. The minimum Gasteiger partial charge on any atom is -0.378 e. The van der Waals surface area contributed by atoms with Crippen molar-refractivity contribution in [3.05, 3.63) is 65.2 Å². The van der Waals surface area contributed by atoms with Crippen molar-refractivity contribution < 1.29 is 4.79 Å². The summed E-state index contributed by atoms with van der Waals surface area (Å²) in [7, 11) is 4.07. The Hall–Kier alpha value is -2.04. The number of amides is 1. The van der Waals surface area contributed by atoms with Crippen LogP contribution in [0.4, 0.5) is 5.69 Å². The molecule has 0 saturated carbocycles. The van der Waals surface area contributed by atoms with Gasteiger partial charge in [0.15, 0.2) is 0 Å². The van der Waals surface area contributed by atoms with E-state index in [4.69, 9.17) is 5.73 Å². The fourth-order valence-electron chi connectivity index (χ4n) is 3.32. The number of hydrogen-bond acceptors (Lipinski definition) is 3. The molecule has 2 aromatic carbocycles. The van der Waals surface area contributed by atoms with Crippen LogP contribution in [0.1, 0.15) is 40.4 Å². The molecule has 1 saturated heterocycles. The maximum absolute atomic E-state index is 12.9. The molecule has 1 unspecified atom stereocenters. The highest BCUT2D eigenvalue weighted by Gasteiger charge is 2.30. The van der Waals surface area contributed by atoms with E-state index in [-0.39, 0.29) is 24.4 Å². The van der Waals surface area contributed by atoms with Crippen LogP contribution < -0.4 is 10.6 Å². The van der Waals surface area contributed by atoms with E-state index in [9.17, 15) is 4.79 Å². The van der Waals surface area contributed by atoms with Crippen molar-refractivity contribution in [3.8, 4) is 0 Å². The summed E-state index contributed by atoms with van der Waals surface area (Å²) in [5, 5.41) is 0. The van der Waals surface area contributed by atoms with Gasteiger partial charge in [-0.25, -0.2) is 0 Å². The second-order valence-electron chi connectivity index (χ2n) is 6.55. The SMILES string of the molecule is CN(C)c1cccc(C2CCCN2C(=O)c2ccc(CN)cc2)c1.Cl. The Labute approximate surface area is 156 Å². The van der Waals surface area contributed by atoms with Gasteiger partial charge in [-0.05, 0) is 48.2 Å². The second-order valence-corrected chi connectivity index (χ2v) is 6.55. The molecule has 5 heteroatoms. The maximum Gasteiger partial charge on any atom is 0.254 e. The lowest BCUT2D eigenvalue weighted by molar-refractivity contribution is 0.0735. The number of halogens is 1. The molecule has 1 aliphatic heterocycles. The minimum absolute atomic E-state index is 0. The first-order valence-electron chi connectivity index (χ1n) is 8.47. The summed E-state index contributed by atoms with van der Waals surface area (Å²) in [6, 6.07) is 16.3. The Balaban J connectivity index is 0.00000225. The predicted molar refractivity (Wildman–Crippen MR) is 105 cm³/mol. The van der Waals surface area contributed by atoms with Crippen molar-refractivity contribution in [3.63, 3.8) is 0 Å². The Morgan fingerprint density at radius 1 is 1.20 bits per heavy atom. The van der Waals surface area contributed by atoms with Gasteiger partial charge in [-0.3, -0.25) is 4.79 Å². The number of benzene rings is 2. The van der Waals surface area contributed by atoms with E-state index in [2.05, 4.69) is 29.2 Å². The average molecular weight is 360 g/mol. The molecule has 1 atom stereocenters. The van der Waals surface area contributed by atoms with Crippen LogP contribution in [0.3, 0.4) is 0 Å². The number of carbonyl (C=O) groups excluding carboxylic acids is 1. The maximum atomic E-state index is 12.9. The van der Waals surface area contributed by atoms with Crippen LogP contribution in [-0.2, 0) is 6.54 Å². The fraction of sp³-hybridized carbons (Fsp3) is 0.350. The summed E-state index contributed by atoms with van der Waals surface area (Å²) in [6.45, 7) is 1.31. The van der Waals surface area contributed by atoms with Gasteiger partial charge in [-0.2, -0.15) is 0 Å². The third-order valence-corrected chi connectivity index (χ3v) is 4.72. The van der Waals surface area contributed by atoms with E-state index < -0.39 is 0 Å². The molecule has 2 aromatic rings. The number of anilines is 1. The third kappa shape index (κ3) is 4.14. The van der Waals surface area contributed by atoms with E-state index in [0.29, 0.717) is 6.54 Å². The number of rotatable bonds is 4. The van der Waals surface area contributed by atoms with Gasteiger partial charge in [-0.1, -0.05) is 24.3 Å². The van der Waals surface area contributed by atoms with Gasteiger partial charge in [0.25, 0.3) is 5.91 Å². The molecule has 1 fully saturated rings. The monoisotopic (exact) mass is 359 g/mol. The molecule has 25 heavy (non-hydrogen) atoms. The van der Waals surface area contributed by atoms with Gasteiger partial charge in [0.2, 0.25) is 0 Å². The van der Waals surface area contributed by atoms with Gasteiger partial charge in [0.1, 0.15) is 0 Å². The zero-order valence-electron chi connectivity index (χ0n) is 14.8. The molecule has 1 heterocycles. The van der Waals surface area contributed by atoms with Crippen molar-refractivity contribution >= 4 is 24.0 Å². The molecule has 1 amide bonds. The lowest BCUT2D eigenvalue weighted by atomic mass is 10.0. The first kappa shape index (κ1) is 19.3. The highest BCUT2D eigenvalue weighted by atomic mass is 35.5. The summed E-state index contributed by atoms with van der Waals surface area (Å²) >= 11 is 0.